The Balaban J connectivity index is 1.74. The van der Waals surface area contributed by atoms with E-state index in [-0.39, 0.29) is 11.5 Å². The van der Waals surface area contributed by atoms with Gasteiger partial charge in [0.25, 0.3) is 0 Å². The van der Waals surface area contributed by atoms with E-state index in [1.165, 1.54) is 0 Å². The van der Waals surface area contributed by atoms with E-state index in [1.54, 1.807) is 0 Å². The number of nitrogens with two attached hydrogens (primary N) is 1. The van der Waals surface area contributed by atoms with Gasteiger partial charge in [-0.1, -0.05) is 5.16 Å². The molecule has 2 fully saturated rings. The number of likely N-dealkylation sites (tertiary alicyclic amines) is 1. The fourth-order valence-electron chi connectivity index (χ4n) is 2.99. The Morgan fingerprint density at radius 3 is 2.56 bits per heavy atom. The molecule has 0 aromatic rings. The normalized spacial score (nSPS) is 30.8. The van der Waals surface area contributed by atoms with Crippen LogP contribution in [0.4, 0.5) is 0 Å². The predicted molar refractivity (Wildman–Crippen MR) is 70.8 cm³/mol. The summed E-state index contributed by atoms with van der Waals surface area (Å²) in [6.07, 6.45) is 4.64. The standard InChI is InChI=1S/C13H25N3O2/c1-13(2)6-3-11(18-13)9-16-7-4-10(5-8-16)12(14)15-17/h10-11,17H,3-9H2,1-2H3,(H2,14,15). The molecule has 2 saturated heterocycles. The lowest BCUT2D eigenvalue weighted by molar-refractivity contribution is -0.0311. The van der Waals surface area contributed by atoms with E-state index in [4.69, 9.17) is 15.7 Å². The molecule has 0 aromatic heterocycles. The van der Waals surface area contributed by atoms with Gasteiger partial charge in [0.1, 0.15) is 5.84 Å². The first kappa shape index (κ1) is 13.6. The second-order valence-corrected chi connectivity index (χ2v) is 6.14. The number of rotatable bonds is 3. The third-order valence-electron chi connectivity index (χ3n) is 4.14. The van der Waals surface area contributed by atoms with Gasteiger partial charge in [0, 0.05) is 12.5 Å². The van der Waals surface area contributed by atoms with E-state index in [2.05, 4.69) is 23.9 Å². The molecule has 2 aliphatic heterocycles. The zero-order valence-electron chi connectivity index (χ0n) is 11.4. The Morgan fingerprint density at radius 2 is 2.06 bits per heavy atom. The molecule has 2 rings (SSSR count). The van der Waals surface area contributed by atoms with Crippen LogP contribution in [0.15, 0.2) is 5.16 Å². The molecule has 0 spiro atoms. The van der Waals surface area contributed by atoms with E-state index in [0.29, 0.717) is 11.9 Å². The largest absolute Gasteiger partial charge is 0.409 e. The second-order valence-electron chi connectivity index (χ2n) is 6.14. The van der Waals surface area contributed by atoms with Crippen molar-refractivity contribution in [2.75, 3.05) is 19.6 Å². The Labute approximate surface area is 109 Å². The summed E-state index contributed by atoms with van der Waals surface area (Å²) >= 11 is 0. The monoisotopic (exact) mass is 255 g/mol. The molecule has 0 radical (unpaired) electrons. The van der Waals surface area contributed by atoms with Crippen LogP contribution < -0.4 is 5.73 Å². The lowest BCUT2D eigenvalue weighted by atomic mass is 9.95. The summed E-state index contributed by atoms with van der Waals surface area (Å²) in [5, 5.41) is 11.8. The molecule has 0 aromatic carbocycles. The molecule has 5 nitrogen and oxygen atoms in total. The molecule has 2 aliphatic rings. The lowest BCUT2D eigenvalue weighted by Crippen LogP contribution is -2.42. The highest BCUT2D eigenvalue weighted by Gasteiger charge is 2.33. The molecule has 0 amide bonds. The highest BCUT2D eigenvalue weighted by Crippen LogP contribution is 2.30. The molecule has 3 N–H and O–H groups in total. The Kier molecular flexibility index (Phi) is 4.12. The van der Waals surface area contributed by atoms with E-state index in [9.17, 15) is 0 Å². The van der Waals surface area contributed by atoms with Crippen LogP contribution in [-0.2, 0) is 4.74 Å². The highest BCUT2D eigenvalue weighted by molar-refractivity contribution is 5.82. The average molecular weight is 255 g/mol. The summed E-state index contributed by atoms with van der Waals surface area (Å²) in [5.74, 6) is 0.625. The first-order valence-corrected chi connectivity index (χ1v) is 6.88. The van der Waals surface area contributed by atoms with Gasteiger partial charge in [0.15, 0.2) is 0 Å². The van der Waals surface area contributed by atoms with Crippen molar-refractivity contribution >= 4 is 5.84 Å². The van der Waals surface area contributed by atoms with Crippen LogP contribution in [0, 0.1) is 5.92 Å². The molecule has 0 aliphatic carbocycles. The summed E-state index contributed by atoms with van der Waals surface area (Å²) in [6.45, 7) is 7.38. The zero-order chi connectivity index (χ0) is 13.2. The van der Waals surface area contributed by atoms with Crippen molar-refractivity contribution in [3.63, 3.8) is 0 Å². The maximum atomic E-state index is 8.67. The number of hydrogen-bond acceptors (Lipinski definition) is 4. The number of nitrogens with zero attached hydrogens (tertiary/aromatic N) is 2. The van der Waals surface area contributed by atoms with Crippen LogP contribution >= 0.6 is 0 Å². The van der Waals surface area contributed by atoms with Crippen molar-refractivity contribution in [3.05, 3.63) is 0 Å². The smallest absolute Gasteiger partial charge is 0.142 e. The van der Waals surface area contributed by atoms with Crippen LogP contribution in [0.5, 0.6) is 0 Å². The van der Waals surface area contributed by atoms with Crippen molar-refractivity contribution in [3.8, 4) is 0 Å². The fourth-order valence-corrected chi connectivity index (χ4v) is 2.99. The van der Waals surface area contributed by atoms with Crippen molar-refractivity contribution in [2.24, 2.45) is 16.8 Å². The van der Waals surface area contributed by atoms with Crippen LogP contribution in [-0.4, -0.2) is 47.3 Å². The van der Waals surface area contributed by atoms with Crippen molar-refractivity contribution in [2.45, 2.75) is 51.2 Å². The number of piperidine rings is 1. The third kappa shape index (κ3) is 3.36. The van der Waals surface area contributed by atoms with Gasteiger partial charge in [0.05, 0.1) is 11.7 Å². The molecule has 104 valence electrons. The van der Waals surface area contributed by atoms with Crippen molar-refractivity contribution < 1.29 is 9.94 Å². The third-order valence-corrected chi connectivity index (χ3v) is 4.14. The van der Waals surface area contributed by atoms with Crippen LogP contribution in [0.25, 0.3) is 0 Å². The number of amidine groups is 1. The topological polar surface area (TPSA) is 71.1 Å². The van der Waals surface area contributed by atoms with Crippen LogP contribution in [0.2, 0.25) is 0 Å². The first-order chi connectivity index (χ1) is 8.50. The van der Waals surface area contributed by atoms with Crippen molar-refractivity contribution in [1.29, 1.82) is 0 Å². The van der Waals surface area contributed by atoms with E-state index in [0.717, 1.165) is 45.3 Å². The van der Waals surface area contributed by atoms with Gasteiger partial charge >= 0.3 is 0 Å². The molecule has 0 bridgehead atoms. The Bertz CT molecular complexity index is 309. The Morgan fingerprint density at radius 1 is 1.39 bits per heavy atom. The van der Waals surface area contributed by atoms with Crippen molar-refractivity contribution in [1.82, 2.24) is 4.90 Å². The summed E-state index contributed by atoms with van der Waals surface area (Å²) in [7, 11) is 0. The number of oxime groups is 1. The Hall–Kier alpha value is -0.810. The highest BCUT2D eigenvalue weighted by atomic mass is 16.5. The lowest BCUT2D eigenvalue weighted by Gasteiger charge is -2.33. The number of hydrogen-bond donors (Lipinski definition) is 2. The molecule has 1 atom stereocenters. The predicted octanol–water partition coefficient (Wildman–Crippen LogP) is 1.40. The minimum Gasteiger partial charge on any atom is -0.409 e. The van der Waals surface area contributed by atoms with Crippen LogP contribution in [0.3, 0.4) is 0 Å². The van der Waals surface area contributed by atoms with Gasteiger partial charge in [-0.05, 0) is 52.6 Å². The molecular formula is C13H25N3O2. The van der Waals surface area contributed by atoms with Gasteiger partial charge in [0.2, 0.25) is 0 Å². The second kappa shape index (κ2) is 5.45. The van der Waals surface area contributed by atoms with Gasteiger partial charge in [-0.25, -0.2) is 0 Å². The summed E-state index contributed by atoms with van der Waals surface area (Å²) in [4.78, 5) is 2.44. The van der Waals surface area contributed by atoms with E-state index < -0.39 is 0 Å². The summed E-state index contributed by atoms with van der Waals surface area (Å²) in [5.41, 5.74) is 5.70. The molecule has 0 saturated carbocycles. The van der Waals surface area contributed by atoms with E-state index >= 15 is 0 Å². The maximum absolute atomic E-state index is 8.67. The zero-order valence-corrected chi connectivity index (χ0v) is 11.4. The molecule has 1 unspecified atom stereocenters. The summed E-state index contributed by atoms with van der Waals surface area (Å²) < 4.78 is 6.02. The molecule has 2 heterocycles. The van der Waals surface area contributed by atoms with Gasteiger partial charge in [-0.15, -0.1) is 0 Å². The molecule has 18 heavy (non-hydrogen) atoms. The molecule has 5 heteroatoms. The fraction of sp³-hybridized carbons (Fsp3) is 0.923. The van der Waals surface area contributed by atoms with Crippen LogP contribution in [0.1, 0.15) is 39.5 Å². The number of ether oxygens (including phenoxy) is 1. The average Bonchev–Trinajstić information content (AvgIpc) is 2.68. The molecular weight excluding hydrogens is 230 g/mol. The van der Waals surface area contributed by atoms with Gasteiger partial charge in [-0.2, -0.15) is 0 Å². The van der Waals surface area contributed by atoms with E-state index in [1.807, 2.05) is 0 Å². The first-order valence-electron chi connectivity index (χ1n) is 6.88. The van der Waals surface area contributed by atoms with Gasteiger partial charge in [-0.3, -0.25) is 0 Å². The summed E-state index contributed by atoms with van der Waals surface area (Å²) in [6, 6.07) is 0. The minimum atomic E-state index is 0.0525. The quantitative estimate of drug-likeness (QED) is 0.346. The van der Waals surface area contributed by atoms with Gasteiger partial charge < -0.3 is 20.6 Å². The minimum absolute atomic E-state index is 0.0525. The maximum Gasteiger partial charge on any atom is 0.142 e. The SMILES string of the molecule is CC1(C)CCC(CN2CCC(C(N)=NO)CC2)O1.